The molecule has 0 saturated heterocycles. The van der Waals surface area contributed by atoms with Gasteiger partial charge in [0.2, 0.25) is 5.89 Å². The van der Waals surface area contributed by atoms with E-state index in [1.807, 2.05) is 38.1 Å². The molecule has 0 aliphatic carbocycles. The van der Waals surface area contributed by atoms with Crippen LogP contribution in [0.3, 0.4) is 0 Å². The van der Waals surface area contributed by atoms with Crippen LogP contribution < -0.4 is 4.74 Å². The van der Waals surface area contributed by atoms with Crippen LogP contribution in [0.15, 0.2) is 28.7 Å². The molecular weight excluding hydrogens is 270 g/mol. The third-order valence-electron chi connectivity index (χ3n) is 3.41. The molecule has 0 amide bonds. The zero-order chi connectivity index (χ0) is 15.4. The zero-order valence-corrected chi connectivity index (χ0v) is 12.7. The second kappa shape index (κ2) is 6.43. The molecule has 1 heterocycles. The summed E-state index contributed by atoms with van der Waals surface area (Å²) in [7, 11) is 2.93. The summed E-state index contributed by atoms with van der Waals surface area (Å²) < 4.78 is 15.8. The van der Waals surface area contributed by atoms with Crippen LogP contribution in [0.5, 0.6) is 5.75 Å². The van der Waals surface area contributed by atoms with E-state index in [0.717, 1.165) is 12.0 Å². The molecular formula is C16H19NO4. The van der Waals surface area contributed by atoms with Gasteiger partial charge >= 0.3 is 5.97 Å². The van der Waals surface area contributed by atoms with Crippen LogP contribution in [0.4, 0.5) is 0 Å². The van der Waals surface area contributed by atoms with Crippen molar-refractivity contribution < 1.29 is 18.7 Å². The minimum absolute atomic E-state index is 0.0888. The number of methoxy groups -OCH3 is 2. The normalized spacial score (nSPS) is 12.0. The molecule has 0 saturated carbocycles. The average molecular weight is 289 g/mol. The van der Waals surface area contributed by atoms with Crippen molar-refractivity contribution in [2.45, 2.75) is 26.2 Å². The molecule has 0 fully saturated rings. The topological polar surface area (TPSA) is 61.6 Å². The number of benzene rings is 1. The Hall–Kier alpha value is -2.30. The van der Waals surface area contributed by atoms with Gasteiger partial charge in [-0.05, 0) is 24.6 Å². The molecule has 0 N–H and O–H groups in total. The van der Waals surface area contributed by atoms with E-state index in [4.69, 9.17) is 13.9 Å². The van der Waals surface area contributed by atoms with Crippen molar-refractivity contribution in [3.05, 3.63) is 35.7 Å². The van der Waals surface area contributed by atoms with Crippen LogP contribution >= 0.6 is 0 Å². The number of carbonyl (C=O) groups excluding carboxylic acids is 1. The van der Waals surface area contributed by atoms with Gasteiger partial charge in [0.1, 0.15) is 11.5 Å². The van der Waals surface area contributed by atoms with Crippen molar-refractivity contribution in [3.8, 4) is 17.2 Å². The predicted molar refractivity (Wildman–Crippen MR) is 78.5 cm³/mol. The third kappa shape index (κ3) is 3.07. The van der Waals surface area contributed by atoms with Gasteiger partial charge in [-0.3, -0.25) is 0 Å². The third-order valence-corrected chi connectivity index (χ3v) is 3.41. The van der Waals surface area contributed by atoms with Crippen LogP contribution in [0.2, 0.25) is 0 Å². The van der Waals surface area contributed by atoms with Crippen LogP contribution in [0, 0.1) is 0 Å². The minimum Gasteiger partial charge on any atom is -0.497 e. The molecule has 5 nitrogen and oxygen atoms in total. The first-order valence-electron chi connectivity index (χ1n) is 6.84. The fourth-order valence-corrected chi connectivity index (χ4v) is 1.97. The summed E-state index contributed by atoms with van der Waals surface area (Å²) in [6.07, 6.45) is 0.844. The highest BCUT2D eigenvalue weighted by molar-refractivity contribution is 5.89. The second-order valence-electron chi connectivity index (χ2n) is 4.76. The number of rotatable bonds is 5. The number of ether oxygens (including phenoxy) is 2. The largest absolute Gasteiger partial charge is 0.497 e. The molecule has 2 aromatic rings. The fourth-order valence-electron chi connectivity index (χ4n) is 1.97. The highest BCUT2D eigenvalue weighted by Gasteiger charge is 2.24. The van der Waals surface area contributed by atoms with Gasteiger partial charge in [-0.2, -0.15) is 0 Å². The number of oxazole rings is 1. The molecule has 0 aliphatic heterocycles. The first-order chi connectivity index (χ1) is 10.1. The molecule has 21 heavy (non-hydrogen) atoms. The van der Waals surface area contributed by atoms with E-state index < -0.39 is 5.97 Å². The summed E-state index contributed by atoms with van der Waals surface area (Å²) in [6.45, 7) is 4.02. The van der Waals surface area contributed by atoms with Crippen molar-refractivity contribution in [2.75, 3.05) is 14.2 Å². The highest BCUT2D eigenvalue weighted by Crippen LogP contribution is 2.30. The van der Waals surface area contributed by atoms with Crippen LogP contribution in [0.25, 0.3) is 11.5 Å². The summed E-state index contributed by atoms with van der Waals surface area (Å²) in [4.78, 5) is 16.2. The minimum atomic E-state index is -0.483. The van der Waals surface area contributed by atoms with Gasteiger partial charge in [-0.1, -0.05) is 19.9 Å². The van der Waals surface area contributed by atoms with Gasteiger partial charge in [-0.15, -0.1) is 0 Å². The van der Waals surface area contributed by atoms with E-state index in [0.29, 0.717) is 17.4 Å². The van der Waals surface area contributed by atoms with Crippen molar-refractivity contribution in [1.29, 1.82) is 0 Å². The maximum atomic E-state index is 11.9. The lowest BCUT2D eigenvalue weighted by molar-refractivity contribution is 0.0591. The molecule has 0 spiro atoms. The van der Waals surface area contributed by atoms with E-state index >= 15 is 0 Å². The lowest BCUT2D eigenvalue weighted by Crippen LogP contribution is -2.06. The van der Waals surface area contributed by atoms with Gasteiger partial charge in [-0.25, -0.2) is 9.78 Å². The Morgan fingerprint density at radius 2 is 2.14 bits per heavy atom. The lowest BCUT2D eigenvalue weighted by atomic mass is 10.0. The first-order valence-corrected chi connectivity index (χ1v) is 6.84. The second-order valence-corrected chi connectivity index (χ2v) is 4.76. The summed E-state index contributed by atoms with van der Waals surface area (Å²) in [5, 5.41) is 0. The number of hydrogen-bond acceptors (Lipinski definition) is 5. The smallest absolute Gasteiger partial charge is 0.360 e. The molecule has 1 aromatic carbocycles. The molecule has 2 rings (SSSR count). The SMILES string of the molecule is CCC(C)c1oc(-c2cccc(OC)c2)nc1C(=O)OC. The van der Waals surface area contributed by atoms with Crippen LogP contribution in [-0.4, -0.2) is 25.2 Å². The van der Waals surface area contributed by atoms with Gasteiger partial charge in [0.25, 0.3) is 0 Å². The van der Waals surface area contributed by atoms with Gasteiger partial charge < -0.3 is 13.9 Å². The monoisotopic (exact) mass is 289 g/mol. The Kier molecular flexibility index (Phi) is 4.62. The molecule has 112 valence electrons. The van der Waals surface area contributed by atoms with Crippen molar-refractivity contribution in [2.24, 2.45) is 0 Å². The Labute approximate surface area is 123 Å². The lowest BCUT2D eigenvalue weighted by Gasteiger charge is -2.05. The van der Waals surface area contributed by atoms with Crippen LogP contribution in [0.1, 0.15) is 42.4 Å². The maximum Gasteiger partial charge on any atom is 0.360 e. The fraction of sp³-hybridized carbons (Fsp3) is 0.375. The van der Waals surface area contributed by atoms with Crippen molar-refractivity contribution in [1.82, 2.24) is 4.98 Å². The molecule has 0 bridgehead atoms. The number of nitrogens with zero attached hydrogens (tertiary/aromatic N) is 1. The predicted octanol–water partition coefficient (Wildman–Crippen LogP) is 3.65. The molecule has 5 heteroatoms. The molecule has 0 aliphatic rings. The summed E-state index contributed by atoms with van der Waals surface area (Å²) in [5.74, 6) is 1.26. The quantitative estimate of drug-likeness (QED) is 0.786. The van der Waals surface area contributed by atoms with Crippen LogP contribution in [-0.2, 0) is 4.74 Å². The van der Waals surface area contributed by atoms with E-state index in [1.54, 1.807) is 7.11 Å². The Morgan fingerprint density at radius 1 is 1.38 bits per heavy atom. The highest BCUT2D eigenvalue weighted by atomic mass is 16.5. The molecule has 1 aromatic heterocycles. The average Bonchev–Trinajstić information content (AvgIpc) is 2.98. The Balaban J connectivity index is 2.49. The first kappa shape index (κ1) is 15.1. The van der Waals surface area contributed by atoms with E-state index in [-0.39, 0.29) is 11.6 Å². The summed E-state index contributed by atoms with van der Waals surface area (Å²) >= 11 is 0. The van der Waals surface area contributed by atoms with Gasteiger partial charge in [0.05, 0.1) is 14.2 Å². The summed E-state index contributed by atoms with van der Waals surface area (Å²) in [6, 6.07) is 7.35. The van der Waals surface area contributed by atoms with E-state index in [1.165, 1.54) is 7.11 Å². The van der Waals surface area contributed by atoms with Crippen molar-refractivity contribution >= 4 is 5.97 Å². The standard InChI is InChI=1S/C16H19NO4/c1-5-10(2)14-13(16(18)20-4)17-15(21-14)11-7-6-8-12(9-11)19-3/h6-10H,5H2,1-4H3. The number of aromatic nitrogens is 1. The number of carbonyl (C=O) groups is 1. The number of esters is 1. The van der Waals surface area contributed by atoms with E-state index in [2.05, 4.69) is 4.98 Å². The summed E-state index contributed by atoms with van der Waals surface area (Å²) in [5.41, 5.74) is 0.999. The maximum absolute atomic E-state index is 11.9. The van der Waals surface area contributed by atoms with Gasteiger partial charge in [0, 0.05) is 11.5 Å². The number of hydrogen-bond donors (Lipinski definition) is 0. The molecule has 1 atom stereocenters. The molecule has 0 radical (unpaired) electrons. The Morgan fingerprint density at radius 3 is 2.76 bits per heavy atom. The molecule has 1 unspecified atom stereocenters. The van der Waals surface area contributed by atoms with Crippen molar-refractivity contribution in [3.63, 3.8) is 0 Å². The zero-order valence-electron chi connectivity index (χ0n) is 12.7. The van der Waals surface area contributed by atoms with Gasteiger partial charge in [0.15, 0.2) is 5.69 Å². The van der Waals surface area contributed by atoms with E-state index in [9.17, 15) is 4.79 Å². The Bertz CT molecular complexity index is 633.